The number of anilines is 1. The maximum absolute atomic E-state index is 13.7. The molecule has 1 aromatic carbocycles. The first-order valence-corrected chi connectivity index (χ1v) is 6.04. The Morgan fingerprint density at radius 1 is 1.55 bits per heavy atom. The summed E-state index contributed by atoms with van der Waals surface area (Å²) < 4.78 is 13.7. The van der Waals surface area contributed by atoms with E-state index >= 15 is 0 Å². The molecule has 7 nitrogen and oxygen atoms in total. The Hall–Kier alpha value is -2.22. The molecule has 1 saturated heterocycles. The van der Waals surface area contributed by atoms with Crippen LogP contribution >= 0.6 is 0 Å². The van der Waals surface area contributed by atoms with E-state index in [1.807, 2.05) is 0 Å². The summed E-state index contributed by atoms with van der Waals surface area (Å²) in [7, 11) is 0. The molecule has 0 saturated carbocycles. The standard InChI is InChI=1S/C12H13FN2O5/c13-9-5-10(14-3-1-2-7(14)6-16)11(15(19)20)4-8(9)12(17)18/h4-5,7,16H,1-3,6H2,(H,17,18). The fourth-order valence-corrected chi connectivity index (χ4v) is 2.43. The van der Waals surface area contributed by atoms with Gasteiger partial charge in [0.1, 0.15) is 17.1 Å². The van der Waals surface area contributed by atoms with Crippen LogP contribution in [0.25, 0.3) is 0 Å². The van der Waals surface area contributed by atoms with Gasteiger partial charge in [-0.1, -0.05) is 0 Å². The number of carbonyl (C=O) groups is 1. The Kier molecular flexibility index (Phi) is 3.84. The van der Waals surface area contributed by atoms with E-state index in [2.05, 4.69) is 0 Å². The van der Waals surface area contributed by atoms with Crippen molar-refractivity contribution in [3.8, 4) is 0 Å². The molecule has 20 heavy (non-hydrogen) atoms. The summed E-state index contributed by atoms with van der Waals surface area (Å²) >= 11 is 0. The van der Waals surface area contributed by atoms with E-state index in [0.29, 0.717) is 13.0 Å². The number of nitrogens with zero attached hydrogens (tertiary/aromatic N) is 2. The highest BCUT2D eigenvalue weighted by Gasteiger charge is 2.31. The second-order valence-electron chi connectivity index (χ2n) is 4.56. The van der Waals surface area contributed by atoms with Crippen molar-refractivity contribution >= 4 is 17.3 Å². The average Bonchev–Trinajstić information content (AvgIpc) is 2.85. The molecule has 108 valence electrons. The highest BCUT2D eigenvalue weighted by molar-refractivity contribution is 5.90. The summed E-state index contributed by atoms with van der Waals surface area (Å²) in [4.78, 5) is 22.7. The number of benzene rings is 1. The number of carboxylic acids is 1. The van der Waals surface area contributed by atoms with Gasteiger partial charge >= 0.3 is 5.97 Å². The number of aliphatic hydroxyl groups excluding tert-OH is 1. The van der Waals surface area contributed by atoms with Crippen LogP contribution in [0.1, 0.15) is 23.2 Å². The lowest BCUT2D eigenvalue weighted by molar-refractivity contribution is -0.384. The van der Waals surface area contributed by atoms with Crippen molar-refractivity contribution in [2.45, 2.75) is 18.9 Å². The second kappa shape index (κ2) is 5.41. The van der Waals surface area contributed by atoms with Gasteiger partial charge in [-0.05, 0) is 12.8 Å². The molecule has 2 N–H and O–H groups in total. The van der Waals surface area contributed by atoms with Crippen LogP contribution in [0.3, 0.4) is 0 Å². The summed E-state index contributed by atoms with van der Waals surface area (Å²) in [5, 5.41) is 29.1. The van der Waals surface area contributed by atoms with E-state index in [0.717, 1.165) is 18.6 Å². The number of aromatic carboxylic acids is 1. The van der Waals surface area contributed by atoms with E-state index in [4.69, 9.17) is 5.11 Å². The molecule has 0 radical (unpaired) electrons. The monoisotopic (exact) mass is 284 g/mol. The molecule has 0 aromatic heterocycles. The molecule has 1 atom stereocenters. The quantitative estimate of drug-likeness (QED) is 0.639. The predicted molar refractivity (Wildman–Crippen MR) is 67.5 cm³/mol. The lowest BCUT2D eigenvalue weighted by Gasteiger charge is -2.25. The highest BCUT2D eigenvalue weighted by Crippen LogP contribution is 2.35. The van der Waals surface area contributed by atoms with E-state index in [1.165, 1.54) is 0 Å². The first-order chi connectivity index (χ1) is 9.45. The molecular weight excluding hydrogens is 271 g/mol. The molecule has 8 heteroatoms. The Morgan fingerprint density at radius 2 is 2.25 bits per heavy atom. The lowest BCUT2D eigenvalue weighted by Crippen LogP contribution is -2.32. The Balaban J connectivity index is 2.54. The Bertz CT molecular complexity index is 563. The number of nitro benzene ring substituents is 1. The summed E-state index contributed by atoms with van der Waals surface area (Å²) in [5.74, 6) is -2.58. The van der Waals surface area contributed by atoms with Crippen LogP contribution in [-0.2, 0) is 0 Å². The maximum atomic E-state index is 13.7. The molecule has 1 fully saturated rings. The van der Waals surface area contributed by atoms with Gasteiger partial charge in [-0.15, -0.1) is 0 Å². The molecule has 0 aliphatic carbocycles. The van der Waals surface area contributed by atoms with Gasteiger partial charge in [0.15, 0.2) is 0 Å². The molecule has 1 heterocycles. The third-order valence-electron chi connectivity index (χ3n) is 3.39. The highest BCUT2D eigenvalue weighted by atomic mass is 19.1. The van der Waals surface area contributed by atoms with Crippen LogP contribution in [0, 0.1) is 15.9 Å². The number of nitro groups is 1. The van der Waals surface area contributed by atoms with Gasteiger partial charge in [-0.2, -0.15) is 0 Å². The zero-order chi connectivity index (χ0) is 14.9. The fraction of sp³-hybridized carbons (Fsp3) is 0.417. The summed E-state index contributed by atoms with van der Waals surface area (Å²) in [5.41, 5.74) is -1.20. The van der Waals surface area contributed by atoms with Crippen molar-refractivity contribution in [3.05, 3.63) is 33.6 Å². The number of halogens is 1. The molecule has 1 aliphatic rings. The van der Waals surface area contributed by atoms with E-state index in [9.17, 15) is 24.4 Å². The van der Waals surface area contributed by atoms with Gasteiger partial charge in [0.2, 0.25) is 0 Å². The van der Waals surface area contributed by atoms with Crippen LogP contribution in [0.5, 0.6) is 0 Å². The van der Waals surface area contributed by atoms with Crippen molar-refractivity contribution in [2.24, 2.45) is 0 Å². The molecule has 1 unspecified atom stereocenters. The number of hydrogen-bond acceptors (Lipinski definition) is 5. The van der Waals surface area contributed by atoms with Crippen LogP contribution in [0.4, 0.5) is 15.8 Å². The third-order valence-corrected chi connectivity index (χ3v) is 3.39. The number of aliphatic hydroxyl groups is 1. The fourth-order valence-electron chi connectivity index (χ4n) is 2.43. The minimum absolute atomic E-state index is 0.00838. The number of carboxylic acid groups (broad SMARTS) is 1. The van der Waals surface area contributed by atoms with Crippen LogP contribution in [0.15, 0.2) is 12.1 Å². The van der Waals surface area contributed by atoms with Gasteiger partial charge in [-0.25, -0.2) is 9.18 Å². The molecule has 2 rings (SSSR count). The molecule has 0 amide bonds. The average molecular weight is 284 g/mol. The van der Waals surface area contributed by atoms with Crippen molar-refractivity contribution in [3.63, 3.8) is 0 Å². The lowest BCUT2D eigenvalue weighted by atomic mass is 10.1. The minimum Gasteiger partial charge on any atom is -0.478 e. The second-order valence-corrected chi connectivity index (χ2v) is 4.56. The van der Waals surface area contributed by atoms with Crippen molar-refractivity contribution in [1.82, 2.24) is 0 Å². The Morgan fingerprint density at radius 3 is 2.80 bits per heavy atom. The first kappa shape index (κ1) is 14.2. The van der Waals surface area contributed by atoms with Crippen molar-refractivity contribution in [2.75, 3.05) is 18.1 Å². The van der Waals surface area contributed by atoms with E-state index in [-0.39, 0.29) is 18.3 Å². The predicted octanol–water partition coefficient (Wildman–Crippen LogP) is 1.39. The summed E-state index contributed by atoms with van der Waals surface area (Å²) in [6.07, 6.45) is 1.38. The van der Waals surface area contributed by atoms with E-state index < -0.39 is 28.0 Å². The maximum Gasteiger partial charge on any atom is 0.338 e. The number of hydrogen-bond donors (Lipinski definition) is 2. The third kappa shape index (κ3) is 2.42. The first-order valence-electron chi connectivity index (χ1n) is 6.04. The smallest absolute Gasteiger partial charge is 0.338 e. The largest absolute Gasteiger partial charge is 0.478 e. The Labute approximate surface area is 113 Å². The van der Waals surface area contributed by atoms with E-state index in [1.54, 1.807) is 4.90 Å². The van der Waals surface area contributed by atoms with Gasteiger partial charge in [0.05, 0.1) is 17.6 Å². The van der Waals surface area contributed by atoms with Gasteiger partial charge < -0.3 is 15.1 Å². The zero-order valence-electron chi connectivity index (χ0n) is 10.5. The number of rotatable bonds is 4. The normalized spacial score (nSPS) is 18.3. The van der Waals surface area contributed by atoms with Gasteiger partial charge in [-0.3, -0.25) is 10.1 Å². The topological polar surface area (TPSA) is 104 Å². The molecular formula is C12H13FN2O5. The van der Waals surface area contributed by atoms with Crippen LogP contribution in [-0.4, -0.2) is 40.3 Å². The SMILES string of the molecule is O=C(O)c1cc([N+](=O)[O-])c(N2CCCC2CO)cc1F. The van der Waals surface area contributed by atoms with Crippen molar-refractivity contribution < 1.29 is 24.3 Å². The molecule has 0 spiro atoms. The molecule has 1 aromatic rings. The van der Waals surface area contributed by atoms with Gasteiger partial charge in [0.25, 0.3) is 5.69 Å². The van der Waals surface area contributed by atoms with Crippen LogP contribution < -0.4 is 4.90 Å². The zero-order valence-corrected chi connectivity index (χ0v) is 10.5. The molecule has 1 aliphatic heterocycles. The summed E-state index contributed by atoms with van der Waals surface area (Å²) in [6, 6.07) is 1.26. The van der Waals surface area contributed by atoms with Crippen molar-refractivity contribution in [1.29, 1.82) is 0 Å². The summed E-state index contributed by atoms with van der Waals surface area (Å²) in [6.45, 7) is 0.261. The minimum atomic E-state index is -1.56. The molecule has 0 bridgehead atoms. The van der Waals surface area contributed by atoms with Gasteiger partial charge in [0, 0.05) is 18.7 Å². The van der Waals surface area contributed by atoms with Crippen LogP contribution in [0.2, 0.25) is 0 Å².